The summed E-state index contributed by atoms with van der Waals surface area (Å²) < 4.78 is 5.54. The van der Waals surface area contributed by atoms with Crippen LogP contribution in [0.15, 0.2) is 18.2 Å². The average Bonchev–Trinajstić information content (AvgIpc) is 2.37. The molecule has 20 heavy (non-hydrogen) atoms. The highest BCUT2D eigenvalue weighted by Crippen LogP contribution is 2.21. The van der Waals surface area contributed by atoms with Gasteiger partial charge in [0, 0.05) is 20.0 Å². The van der Waals surface area contributed by atoms with Crippen LogP contribution in [0.1, 0.15) is 24.5 Å². The zero-order chi connectivity index (χ0) is 15.0. The van der Waals surface area contributed by atoms with Crippen LogP contribution in [0.25, 0.3) is 0 Å². The van der Waals surface area contributed by atoms with Crippen molar-refractivity contribution in [3.63, 3.8) is 0 Å². The van der Waals surface area contributed by atoms with Crippen molar-refractivity contribution in [2.75, 3.05) is 19.7 Å². The summed E-state index contributed by atoms with van der Waals surface area (Å²) in [4.78, 5) is 22.3. The second-order valence-corrected chi connectivity index (χ2v) is 4.70. The summed E-state index contributed by atoms with van der Waals surface area (Å²) in [5.41, 5.74) is 2.03. The van der Waals surface area contributed by atoms with Crippen molar-refractivity contribution in [3.8, 4) is 5.75 Å². The third kappa shape index (κ3) is 5.73. The third-order valence-corrected chi connectivity index (χ3v) is 2.81. The first kappa shape index (κ1) is 16.0. The van der Waals surface area contributed by atoms with Gasteiger partial charge in [0.15, 0.2) is 6.61 Å². The minimum absolute atomic E-state index is 0.00578. The second-order valence-electron chi connectivity index (χ2n) is 4.70. The molecule has 2 N–H and O–H groups in total. The molecule has 0 fully saturated rings. The number of nitrogens with one attached hydrogen (secondary N) is 2. The summed E-state index contributed by atoms with van der Waals surface area (Å²) in [5.74, 6) is 0.547. The highest BCUT2D eigenvalue weighted by Gasteiger charge is 2.06. The van der Waals surface area contributed by atoms with Crippen LogP contribution in [-0.4, -0.2) is 31.5 Å². The van der Waals surface area contributed by atoms with E-state index in [4.69, 9.17) is 4.74 Å². The second kappa shape index (κ2) is 8.19. The first-order chi connectivity index (χ1) is 9.50. The van der Waals surface area contributed by atoms with Crippen molar-refractivity contribution in [1.82, 2.24) is 10.6 Å². The topological polar surface area (TPSA) is 67.4 Å². The van der Waals surface area contributed by atoms with Gasteiger partial charge >= 0.3 is 0 Å². The van der Waals surface area contributed by atoms with E-state index in [-0.39, 0.29) is 18.4 Å². The molecule has 0 bridgehead atoms. The highest BCUT2D eigenvalue weighted by molar-refractivity contribution is 5.77. The Kier molecular flexibility index (Phi) is 6.56. The standard InChI is InChI=1S/C15H22N2O3/c1-11-6-4-7-12(2)15(11)20-10-14(19)17-9-5-8-16-13(3)18/h4,6-7H,5,8-10H2,1-3H3,(H,16,18)(H,17,19). The fraction of sp³-hybridized carbons (Fsp3) is 0.467. The largest absolute Gasteiger partial charge is 0.483 e. The Hall–Kier alpha value is -2.04. The van der Waals surface area contributed by atoms with Gasteiger partial charge in [-0.2, -0.15) is 0 Å². The van der Waals surface area contributed by atoms with Crippen LogP contribution >= 0.6 is 0 Å². The van der Waals surface area contributed by atoms with E-state index in [1.54, 1.807) is 0 Å². The summed E-state index contributed by atoms with van der Waals surface area (Å²) in [7, 11) is 0. The van der Waals surface area contributed by atoms with E-state index in [2.05, 4.69) is 10.6 Å². The maximum absolute atomic E-state index is 11.6. The molecule has 0 unspecified atom stereocenters. The van der Waals surface area contributed by atoms with Gasteiger partial charge in [-0.25, -0.2) is 0 Å². The number of amides is 2. The molecule has 0 saturated heterocycles. The monoisotopic (exact) mass is 278 g/mol. The summed E-state index contributed by atoms with van der Waals surface area (Å²) in [6.07, 6.45) is 0.703. The lowest BCUT2D eigenvalue weighted by atomic mass is 10.1. The van der Waals surface area contributed by atoms with Gasteiger partial charge in [-0.3, -0.25) is 9.59 Å². The van der Waals surface area contributed by atoms with Crippen LogP contribution in [-0.2, 0) is 9.59 Å². The molecule has 5 heteroatoms. The highest BCUT2D eigenvalue weighted by atomic mass is 16.5. The van der Waals surface area contributed by atoms with Crippen LogP contribution < -0.4 is 15.4 Å². The molecule has 1 aromatic carbocycles. The molecule has 0 radical (unpaired) electrons. The third-order valence-electron chi connectivity index (χ3n) is 2.81. The van der Waals surface area contributed by atoms with E-state index < -0.39 is 0 Å². The number of hydrogen-bond acceptors (Lipinski definition) is 3. The molecule has 2 amide bonds. The Balaban J connectivity index is 2.25. The van der Waals surface area contributed by atoms with Crippen molar-refractivity contribution < 1.29 is 14.3 Å². The van der Waals surface area contributed by atoms with Crippen LogP contribution in [0, 0.1) is 13.8 Å². The van der Waals surface area contributed by atoms with Gasteiger partial charge in [-0.05, 0) is 31.4 Å². The molecular weight excluding hydrogens is 256 g/mol. The predicted molar refractivity (Wildman–Crippen MR) is 77.7 cm³/mol. The van der Waals surface area contributed by atoms with E-state index in [1.165, 1.54) is 6.92 Å². The predicted octanol–water partition coefficient (Wildman–Crippen LogP) is 1.32. The van der Waals surface area contributed by atoms with Crippen LogP contribution in [0.5, 0.6) is 5.75 Å². The lowest BCUT2D eigenvalue weighted by Crippen LogP contribution is -2.32. The fourth-order valence-electron chi connectivity index (χ4n) is 1.80. The number of para-hydroxylation sites is 1. The van der Waals surface area contributed by atoms with Gasteiger partial charge < -0.3 is 15.4 Å². The van der Waals surface area contributed by atoms with E-state index in [0.29, 0.717) is 19.5 Å². The van der Waals surface area contributed by atoms with Crippen molar-refractivity contribution in [2.45, 2.75) is 27.2 Å². The number of aryl methyl sites for hydroxylation is 2. The molecule has 0 atom stereocenters. The molecule has 1 rings (SSSR count). The van der Waals surface area contributed by atoms with Crippen molar-refractivity contribution in [2.24, 2.45) is 0 Å². The van der Waals surface area contributed by atoms with Crippen LogP contribution in [0.3, 0.4) is 0 Å². The average molecular weight is 278 g/mol. The molecule has 0 heterocycles. The van der Waals surface area contributed by atoms with E-state index in [0.717, 1.165) is 16.9 Å². The molecule has 0 saturated carbocycles. The fourth-order valence-corrected chi connectivity index (χ4v) is 1.80. The number of carbonyl (C=O) groups excluding carboxylic acids is 2. The SMILES string of the molecule is CC(=O)NCCCNC(=O)COc1c(C)cccc1C. The number of hydrogen-bond donors (Lipinski definition) is 2. The zero-order valence-electron chi connectivity index (χ0n) is 12.3. The molecule has 110 valence electrons. The summed E-state index contributed by atoms with van der Waals surface area (Å²) in [5, 5.41) is 5.42. The van der Waals surface area contributed by atoms with Crippen molar-refractivity contribution in [3.05, 3.63) is 29.3 Å². The Morgan fingerprint density at radius 2 is 1.70 bits per heavy atom. The molecular formula is C15H22N2O3. The van der Waals surface area contributed by atoms with Crippen molar-refractivity contribution in [1.29, 1.82) is 0 Å². The van der Waals surface area contributed by atoms with E-state index in [1.807, 2.05) is 32.0 Å². The maximum atomic E-state index is 11.6. The Morgan fingerprint density at radius 1 is 1.10 bits per heavy atom. The van der Waals surface area contributed by atoms with Gasteiger partial charge in [-0.1, -0.05) is 18.2 Å². The quantitative estimate of drug-likeness (QED) is 0.739. The summed E-state index contributed by atoms with van der Waals surface area (Å²) in [6, 6.07) is 5.86. The van der Waals surface area contributed by atoms with Gasteiger partial charge in [-0.15, -0.1) is 0 Å². The zero-order valence-corrected chi connectivity index (χ0v) is 12.3. The van der Waals surface area contributed by atoms with Gasteiger partial charge in [0.1, 0.15) is 5.75 Å². The molecule has 0 aliphatic rings. The summed E-state index contributed by atoms with van der Waals surface area (Å²) >= 11 is 0. The number of ether oxygens (including phenoxy) is 1. The molecule has 0 aliphatic carbocycles. The van der Waals surface area contributed by atoms with E-state index >= 15 is 0 Å². The normalized spacial score (nSPS) is 9.95. The minimum Gasteiger partial charge on any atom is -0.483 e. The Bertz CT molecular complexity index is 452. The number of benzene rings is 1. The minimum atomic E-state index is -0.157. The number of carbonyl (C=O) groups is 2. The van der Waals surface area contributed by atoms with Gasteiger partial charge in [0.05, 0.1) is 0 Å². The molecule has 0 spiro atoms. The van der Waals surface area contributed by atoms with Crippen LogP contribution in [0.4, 0.5) is 0 Å². The number of rotatable bonds is 7. The molecule has 1 aromatic rings. The lowest BCUT2D eigenvalue weighted by molar-refractivity contribution is -0.123. The maximum Gasteiger partial charge on any atom is 0.257 e. The molecule has 5 nitrogen and oxygen atoms in total. The first-order valence-electron chi connectivity index (χ1n) is 6.71. The van der Waals surface area contributed by atoms with Gasteiger partial charge in [0.2, 0.25) is 5.91 Å². The smallest absolute Gasteiger partial charge is 0.257 e. The summed E-state index contributed by atoms with van der Waals surface area (Å²) in [6.45, 7) is 6.46. The Labute approximate surface area is 119 Å². The van der Waals surface area contributed by atoms with Crippen LogP contribution in [0.2, 0.25) is 0 Å². The van der Waals surface area contributed by atoms with Crippen molar-refractivity contribution >= 4 is 11.8 Å². The molecule has 0 aromatic heterocycles. The molecule has 0 aliphatic heterocycles. The van der Waals surface area contributed by atoms with E-state index in [9.17, 15) is 9.59 Å². The van der Waals surface area contributed by atoms with Gasteiger partial charge in [0.25, 0.3) is 5.91 Å². The lowest BCUT2D eigenvalue weighted by Gasteiger charge is -2.12. The first-order valence-corrected chi connectivity index (χ1v) is 6.71. The Morgan fingerprint density at radius 3 is 2.30 bits per heavy atom.